The van der Waals surface area contributed by atoms with Gasteiger partial charge in [0.2, 0.25) is 5.95 Å². The highest BCUT2D eigenvalue weighted by molar-refractivity contribution is 5.93. The van der Waals surface area contributed by atoms with Crippen molar-refractivity contribution in [3.63, 3.8) is 0 Å². The monoisotopic (exact) mass is 234 g/mol. The van der Waals surface area contributed by atoms with Gasteiger partial charge in [0.25, 0.3) is 5.91 Å². The second-order valence-corrected chi connectivity index (χ2v) is 3.63. The first-order valence-corrected chi connectivity index (χ1v) is 5.05. The van der Waals surface area contributed by atoms with Crippen LogP contribution >= 0.6 is 0 Å². The van der Waals surface area contributed by atoms with E-state index >= 15 is 0 Å². The predicted molar refractivity (Wildman–Crippen MR) is 58.7 cm³/mol. The van der Waals surface area contributed by atoms with Crippen LogP contribution in [0.15, 0.2) is 41.3 Å². The van der Waals surface area contributed by atoms with Crippen molar-refractivity contribution in [3.8, 4) is 0 Å². The van der Waals surface area contributed by atoms with E-state index in [0.29, 0.717) is 6.54 Å². The Hall–Kier alpha value is -2.17. The average Bonchev–Trinajstić information content (AvgIpc) is 2.81. The van der Waals surface area contributed by atoms with Gasteiger partial charge in [0.05, 0.1) is 18.1 Å². The lowest BCUT2D eigenvalue weighted by atomic mass is 10.2. The molecule has 0 bridgehead atoms. The van der Waals surface area contributed by atoms with Crippen molar-refractivity contribution in [2.75, 3.05) is 7.05 Å². The number of hydrogen-bond donors (Lipinski definition) is 0. The maximum Gasteiger partial charge on any atom is 0.258 e. The van der Waals surface area contributed by atoms with Gasteiger partial charge < -0.3 is 9.32 Å². The Kier molecular flexibility index (Phi) is 3.18. The van der Waals surface area contributed by atoms with Gasteiger partial charge in [-0.05, 0) is 18.2 Å². The minimum Gasteiger partial charge on any atom is -0.472 e. The van der Waals surface area contributed by atoms with E-state index in [4.69, 9.17) is 4.42 Å². The predicted octanol–water partition coefficient (Wildman–Crippen LogP) is 2.09. The summed E-state index contributed by atoms with van der Waals surface area (Å²) in [7, 11) is 1.60. The van der Waals surface area contributed by atoms with Crippen molar-refractivity contribution < 1.29 is 13.6 Å². The molecule has 0 saturated carbocycles. The highest BCUT2D eigenvalue weighted by atomic mass is 19.1. The Morgan fingerprint density at radius 2 is 2.35 bits per heavy atom. The molecule has 88 valence electrons. The van der Waals surface area contributed by atoms with Gasteiger partial charge in [0.1, 0.15) is 0 Å². The molecule has 0 saturated heterocycles. The van der Waals surface area contributed by atoms with Crippen molar-refractivity contribution in [1.82, 2.24) is 9.88 Å². The van der Waals surface area contributed by atoms with Crippen LogP contribution in [0, 0.1) is 5.95 Å². The Morgan fingerprint density at radius 1 is 1.53 bits per heavy atom. The molecule has 0 aliphatic rings. The van der Waals surface area contributed by atoms with Crippen LogP contribution in [0.2, 0.25) is 0 Å². The third-order valence-corrected chi connectivity index (χ3v) is 2.34. The fraction of sp³-hybridized carbons (Fsp3) is 0.167. The van der Waals surface area contributed by atoms with Crippen LogP contribution in [0.3, 0.4) is 0 Å². The lowest BCUT2D eigenvalue weighted by Gasteiger charge is -2.16. The van der Waals surface area contributed by atoms with E-state index in [1.165, 1.54) is 29.5 Å². The molecule has 2 heterocycles. The van der Waals surface area contributed by atoms with Crippen LogP contribution in [0.1, 0.15) is 15.9 Å². The molecule has 17 heavy (non-hydrogen) atoms. The van der Waals surface area contributed by atoms with Crippen LogP contribution in [0.25, 0.3) is 0 Å². The number of rotatable bonds is 3. The van der Waals surface area contributed by atoms with E-state index in [1.54, 1.807) is 19.4 Å². The molecule has 0 unspecified atom stereocenters. The normalized spacial score (nSPS) is 10.2. The molecule has 2 rings (SSSR count). The van der Waals surface area contributed by atoms with E-state index in [0.717, 1.165) is 5.56 Å². The van der Waals surface area contributed by atoms with Crippen molar-refractivity contribution in [3.05, 3.63) is 54.0 Å². The topological polar surface area (TPSA) is 46.3 Å². The largest absolute Gasteiger partial charge is 0.472 e. The SMILES string of the molecule is CN(Cc1ccoc1)C(=O)c1cccnc1F. The molecule has 0 aliphatic carbocycles. The number of carbonyl (C=O) groups is 1. The lowest BCUT2D eigenvalue weighted by molar-refractivity contribution is 0.0779. The van der Waals surface area contributed by atoms with Gasteiger partial charge in [-0.15, -0.1) is 0 Å². The smallest absolute Gasteiger partial charge is 0.258 e. The summed E-state index contributed by atoms with van der Waals surface area (Å²) in [5.41, 5.74) is 0.823. The second-order valence-electron chi connectivity index (χ2n) is 3.63. The maximum atomic E-state index is 13.3. The Morgan fingerprint density at radius 3 is 3.00 bits per heavy atom. The van der Waals surface area contributed by atoms with Gasteiger partial charge in [0, 0.05) is 25.4 Å². The van der Waals surface area contributed by atoms with Gasteiger partial charge in [-0.25, -0.2) is 4.98 Å². The number of amides is 1. The minimum absolute atomic E-state index is 0.0292. The molecule has 4 nitrogen and oxygen atoms in total. The summed E-state index contributed by atoms with van der Waals surface area (Å²) in [5.74, 6) is -1.16. The van der Waals surface area contributed by atoms with Gasteiger partial charge in [-0.3, -0.25) is 4.79 Å². The first kappa shape index (κ1) is 11.3. The molecule has 0 atom stereocenters. The first-order chi connectivity index (χ1) is 8.18. The molecule has 0 N–H and O–H groups in total. The van der Waals surface area contributed by atoms with Crippen molar-refractivity contribution in [2.24, 2.45) is 0 Å². The van der Waals surface area contributed by atoms with Gasteiger partial charge in [0.15, 0.2) is 0 Å². The zero-order valence-corrected chi connectivity index (χ0v) is 9.26. The van der Waals surface area contributed by atoms with Crippen LogP contribution in [-0.2, 0) is 6.54 Å². The van der Waals surface area contributed by atoms with Crippen LogP contribution in [0.5, 0.6) is 0 Å². The van der Waals surface area contributed by atoms with E-state index in [9.17, 15) is 9.18 Å². The summed E-state index contributed by atoms with van der Waals surface area (Å²) in [4.78, 5) is 16.8. The summed E-state index contributed by atoms with van der Waals surface area (Å²) >= 11 is 0. The maximum absolute atomic E-state index is 13.3. The van der Waals surface area contributed by atoms with E-state index in [2.05, 4.69) is 4.98 Å². The van der Waals surface area contributed by atoms with Crippen molar-refractivity contribution >= 4 is 5.91 Å². The highest BCUT2D eigenvalue weighted by Gasteiger charge is 2.16. The van der Waals surface area contributed by atoms with Crippen molar-refractivity contribution in [1.29, 1.82) is 0 Å². The van der Waals surface area contributed by atoms with Gasteiger partial charge in [-0.2, -0.15) is 4.39 Å². The van der Waals surface area contributed by atoms with Gasteiger partial charge in [-0.1, -0.05) is 0 Å². The van der Waals surface area contributed by atoms with E-state index in [-0.39, 0.29) is 5.56 Å². The summed E-state index contributed by atoms with van der Waals surface area (Å²) in [5, 5.41) is 0. The standard InChI is InChI=1S/C12H11FN2O2/c1-15(7-9-4-6-17-8-9)12(16)10-3-2-5-14-11(10)13/h2-6,8H,7H2,1H3. The third-order valence-electron chi connectivity index (χ3n) is 2.34. The summed E-state index contributed by atoms with van der Waals surface area (Å²) in [6, 6.07) is 4.70. The summed E-state index contributed by atoms with van der Waals surface area (Å²) < 4.78 is 18.2. The van der Waals surface area contributed by atoms with Crippen molar-refractivity contribution in [2.45, 2.75) is 6.54 Å². The van der Waals surface area contributed by atoms with E-state index < -0.39 is 11.9 Å². The molecule has 0 aromatic carbocycles. The van der Waals surface area contributed by atoms with Crippen LogP contribution in [0.4, 0.5) is 4.39 Å². The number of carbonyl (C=O) groups excluding carboxylic acids is 1. The number of hydrogen-bond acceptors (Lipinski definition) is 3. The fourth-order valence-corrected chi connectivity index (χ4v) is 1.48. The average molecular weight is 234 g/mol. The molecular weight excluding hydrogens is 223 g/mol. The summed E-state index contributed by atoms with van der Waals surface area (Å²) in [6.07, 6.45) is 4.38. The molecule has 0 aliphatic heterocycles. The Labute approximate surface area is 97.7 Å². The highest BCUT2D eigenvalue weighted by Crippen LogP contribution is 2.10. The first-order valence-electron chi connectivity index (χ1n) is 5.05. The molecule has 0 fully saturated rings. The second kappa shape index (κ2) is 4.78. The molecule has 1 amide bonds. The molecule has 5 heteroatoms. The minimum atomic E-state index is -0.753. The lowest BCUT2D eigenvalue weighted by Crippen LogP contribution is -2.27. The third kappa shape index (κ3) is 2.50. The number of furan rings is 1. The quantitative estimate of drug-likeness (QED) is 0.764. The number of aromatic nitrogens is 1. The Balaban J connectivity index is 2.13. The fourth-order valence-electron chi connectivity index (χ4n) is 1.48. The van der Waals surface area contributed by atoms with Gasteiger partial charge >= 0.3 is 0 Å². The van der Waals surface area contributed by atoms with E-state index in [1.807, 2.05) is 0 Å². The van der Waals surface area contributed by atoms with Crippen LogP contribution in [-0.4, -0.2) is 22.8 Å². The molecule has 0 spiro atoms. The molecule has 2 aromatic heterocycles. The zero-order chi connectivity index (χ0) is 12.3. The number of pyridine rings is 1. The number of halogens is 1. The zero-order valence-electron chi connectivity index (χ0n) is 9.26. The molecule has 2 aromatic rings. The Bertz CT molecular complexity index is 511. The number of nitrogens with zero attached hydrogens (tertiary/aromatic N) is 2. The summed E-state index contributed by atoms with van der Waals surface area (Å²) in [6.45, 7) is 0.365. The molecule has 0 radical (unpaired) electrons. The van der Waals surface area contributed by atoms with Crippen LogP contribution < -0.4 is 0 Å². The molecular formula is C12H11FN2O2.